The molecule has 0 aliphatic heterocycles. The number of benzene rings is 1. The third-order valence-corrected chi connectivity index (χ3v) is 5.27. The maximum atomic E-state index is 12.6. The van der Waals surface area contributed by atoms with Crippen LogP contribution in [0.1, 0.15) is 60.4 Å². The van der Waals surface area contributed by atoms with Gasteiger partial charge in [0.1, 0.15) is 0 Å². The van der Waals surface area contributed by atoms with Crippen molar-refractivity contribution in [1.82, 2.24) is 9.78 Å². The van der Waals surface area contributed by atoms with Gasteiger partial charge in [0.2, 0.25) is 0 Å². The topological polar surface area (TPSA) is 34.9 Å². The normalized spacial score (nSPS) is 20.6. The second-order valence-corrected chi connectivity index (χ2v) is 7.93. The third kappa shape index (κ3) is 2.94. The lowest BCUT2D eigenvalue weighted by Crippen LogP contribution is -2.17. The van der Waals surface area contributed by atoms with Gasteiger partial charge in [-0.3, -0.25) is 4.79 Å². The van der Waals surface area contributed by atoms with Crippen molar-refractivity contribution in [2.75, 3.05) is 0 Å². The van der Waals surface area contributed by atoms with E-state index in [0.29, 0.717) is 16.6 Å². The number of halogens is 1. The zero-order valence-electron chi connectivity index (χ0n) is 14.4. The van der Waals surface area contributed by atoms with Gasteiger partial charge >= 0.3 is 0 Å². The van der Waals surface area contributed by atoms with Gasteiger partial charge in [0, 0.05) is 5.92 Å². The minimum Gasteiger partial charge on any atom is -0.272 e. The van der Waals surface area contributed by atoms with Gasteiger partial charge in [-0.15, -0.1) is 0 Å². The lowest BCUT2D eigenvalue weighted by molar-refractivity contribution is 0.0864. The summed E-state index contributed by atoms with van der Waals surface area (Å²) in [5, 5.41) is 4.87. The molecule has 0 spiro atoms. The molecule has 0 bridgehead atoms. The van der Waals surface area contributed by atoms with E-state index in [0.717, 1.165) is 12.1 Å². The summed E-state index contributed by atoms with van der Waals surface area (Å²) in [6, 6.07) is 8.67. The van der Waals surface area contributed by atoms with Crippen LogP contribution in [0.15, 0.2) is 24.3 Å². The summed E-state index contributed by atoms with van der Waals surface area (Å²) >= 11 is 6.15. The van der Waals surface area contributed by atoms with Crippen molar-refractivity contribution < 1.29 is 4.79 Å². The van der Waals surface area contributed by atoms with Crippen molar-refractivity contribution in [3.8, 4) is 0 Å². The maximum Gasteiger partial charge on any atom is 0.250 e. The van der Waals surface area contributed by atoms with Crippen molar-refractivity contribution in [2.24, 2.45) is 5.92 Å². The lowest BCUT2D eigenvalue weighted by Gasteiger charge is -2.19. The van der Waals surface area contributed by atoms with E-state index in [4.69, 9.17) is 11.6 Å². The second-order valence-electron chi connectivity index (χ2n) is 7.56. The van der Waals surface area contributed by atoms with E-state index in [9.17, 15) is 4.79 Å². The summed E-state index contributed by atoms with van der Waals surface area (Å²) in [7, 11) is 0. The number of carbonyl (C=O) groups excluding carboxylic acids is 1. The molecule has 0 unspecified atom stereocenters. The molecule has 23 heavy (non-hydrogen) atoms. The molecule has 122 valence electrons. The molecule has 0 N–H and O–H groups in total. The molecule has 1 heterocycles. The quantitative estimate of drug-likeness (QED) is 0.785. The highest BCUT2D eigenvalue weighted by Gasteiger charge is 2.45. The van der Waals surface area contributed by atoms with Gasteiger partial charge in [0.25, 0.3) is 5.91 Å². The summed E-state index contributed by atoms with van der Waals surface area (Å²) in [5.74, 6) is 0.381. The van der Waals surface area contributed by atoms with Crippen LogP contribution in [0.2, 0.25) is 5.02 Å². The summed E-state index contributed by atoms with van der Waals surface area (Å²) in [6.07, 6.45) is 0.893. The average molecular weight is 331 g/mol. The van der Waals surface area contributed by atoms with Crippen molar-refractivity contribution in [3.05, 3.63) is 51.8 Å². The van der Waals surface area contributed by atoms with Crippen molar-refractivity contribution in [1.29, 1.82) is 0 Å². The van der Waals surface area contributed by atoms with Gasteiger partial charge in [0.15, 0.2) is 0 Å². The Kier molecular flexibility index (Phi) is 3.88. The van der Waals surface area contributed by atoms with E-state index < -0.39 is 0 Å². The molecule has 1 aliphatic rings. The van der Waals surface area contributed by atoms with Crippen molar-refractivity contribution >= 4 is 17.5 Å². The zero-order chi connectivity index (χ0) is 16.9. The van der Waals surface area contributed by atoms with Crippen LogP contribution in [0.4, 0.5) is 0 Å². The summed E-state index contributed by atoms with van der Waals surface area (Å²) in [5.41, 5.74) is 4.16. The second kappa shape index (κ2) is 5.48. The van der Waals surface area contributed by atoms with Crippen LogP contribution in [0.3, 0.4) is 0 Å². The first-order valence-electron chi connectivity index (χ1n) is 8.06. The van der Waals surface area contributed by atoms with Gasteiger partial charge in [-0.05, 0) is 42.7 Å². The standard InChI is InChI=1S/C19H23ClN2O/c1-11-17(20)12(2)22(21-11)18(23)16-10-15(16)13-6-8-14(9-7-13)19(3,4)5/h6-9,15-16H,10H2,1-5H3/t15-,16-/m0/s1. The molecule has 0 amide bonds. The highest BCUT2D eigenvalue weighted by Crippen LogP contribution is 2.48. The average Bonchev–Trinajstić information content (AvgIpc) is 3.25. The van der Waals surface area contributed by atoms with Crippen LogP contribution in [0.5, 0.6) is 0 Å². The largest absolute Gasteiger partial charge is 0.272 e. The Bertz CT molecular complexity index is 753. The van der Waals surface area contributed by atoms with Crippen molar-refractivity contribution in [2.45, 2.75) is 52.4 Å². The van der Waals surface area contributed by atoms with Crippen LogP contribution < -0.4 is 0 Å². The van der Waals surface area contributed by atoms with Crippen LogP contribution in [0.25, 0.3) is 0 Å². The summed E-state index contributed by atoms with van der Waals surface area (Å²) in [4.78, 5) is 12.6. The predicted octanol–water partition coefficient (Wildman–Crippen LogP) is 4.89. The molecule has 1 aliphatic carbocycles. The number of nitrogens with zero attached hydrogens (tertiary/aromatic N) is 2. The van der Waals surface area contributed by atoms with E-state index in [1.165, 1.54) is 15.8 Å². The molecule has 1 aromatic heterocycles. The molecule has 2 atom stereocenters. The highest BCUT2D eigenvalue weighted by molar-refractivity contribution is 6.32. The number of hydrogen-bond acceptors (Lipinski definition) is 2. The van der Waals surface area contributed by atoms with Crippen LogP contribution in [-0.2, 0) is 5.41 Å². The van der Waals surface area contributed by atoms with Gasteiger partial charge in [-0.1, -0.05) is 56.6 Å². The van der Waals surface area contributed by atoms with E-state index in [-0.39, 0.29) is 17.2 Å². The number of rotatable bonds is 2. The molecular weight excluding hydrogens is 308 g/mol. The Balaban J connectivity index is 1.76. The molecule has 1 fully saturated rings. The summed E-state index contributed by atoms with van der Waals surface area (Å²) in [6.45, 7) is 10.3. The third-order valence-electron chi connectivity index (χ3n) is 4.72. The number of aromatic nitrogens is 2. The first kappa shape index (κ1) is 16.3. The zero-order valence-corrected chi connectivity index (χ0v) is 15.1. The number of carbonyl (C=O) groups is 1. The lowest BCUT2D eigenvalue weighted by atomic mass is 9.86. The fourth-order valence-electron chi connectivity index (χ4n) is 3.06. The van der Waals surface area contributed by atoms with E-state index in [1.54, 1.807) is 0 Å². The molecule has 4 heteroatoms. The highest BCUT2D eigenvalue weighted by atomic mass is 35.5. The molecule has 1 saturated carbocycles. The van der Waals surface area contributed by atoms with Crippen LogP contribution in [0, 0.1) is 19.8 Å². The first-order chi connectivity index (χ1) is 10.7. The molecule has 3 rings (SSSR count). The molecule has 2 aromatic rings. The van der Waals surface area contributed by atoms with E-state index >= 15 is 0 Å². The minimum absolute atomic E-state index is 0.0181. The number of aryl methyl sites for hydroxylation is 1. The van der Waals surface area contributed by atoms with Gasteiger partial charge in [0.05, 0.1) is 16.4 Å². The Morgan fingerprint density at radius 2 is 1.83 bits per heavy atom. The maximum absolute atomic E-state index is 12.6. The molecule has 0 radical (unpaired) electrons. The van der Waals surface area contributed by atoms with Crippen molar-refractivity contribution in [3.63, 3.8) is 0 Å². The fraction of sp³-hybridized carbons (Fsp3) is 0.474. The Morgan fingerprint density at radius 3 is 2.30 bits per heavy atom. The van der Waals surface area contributed by atoms with Gasteiger partial charge in [-0.25, -0.2) is 4.68 Å². The Hall–Kier alpha value is -1.61. The van der Waals surface area contributed by atoms with Crippen LogP contribution in [-0.4, -0.2) is 15.7 Å². The fourth-order valence-corrected chi connectivity index (χ4v) is 3.18. The Morgan fingerprint density at radius 1 is 1.22 bits per heavy atom. The van der Waals surface area contributed by atoms with Gasteiger partial charge < -0.3 is 0 Å². The summed E-state index contributed by atoms with van der Waals surface area (Å²) < 4.78 is 1.48. The Labute approximate surface area is 142 Å². The predicted molar refractivity (Wildman–Crippen MR) is 93.3 cm³/mol. The first-order valence-corrected chi connectivity index (χ1v) is 8.44. The molecule has 1 aromatic carbocycles. The van der Waals surface area contributed by atoms with E-state index in [2.05, 4.69) is 50.1 Å². The van der Waals surface area contributed by atoms with Crippen LogP contribution >= 0.6 is 11.6 Å². The number of hydrogen-bond donors (Lipinski definition) is 0. The minimum atomic E-state index is 0.0181. The molecular formula is C19H23ClN2O. The molecule has 3 nitrogen and oxygen atoms in total. The van der Waals surface area contributed by atoms with E-state index in [1.807, 2.05) is 13.8 Å². The van der Waals surface area contributed by atoms with Gasteiger partial charge in [-0.2, -0.15) is 5.10 Å². The smallest absolute Gasteiger partial charge is 0.250 e. The SMILES string of the molecule is Cc1nn(C(=O)[C@H]2C[C@H]2c2ccc(C(C)(C)C)cc2)c(C)c1Cl. The molecule has 0 saturated heterocycles. The monoisotopic (exact) mass is 330 g/mol.